The number of piperazine rings is 1. The highest BCUT2D eigenvalue weighted by Gasteiger charge is 2.23. The van der Waals surface area contributed by atoms with Crippen molar-refractivity contribution in [2.75, 3.05) is 38.5 Å². The number of benzene rings is 2. The average molecular weight is 481 g/mol. The molecule has 34 heavy (non-hydrogen) atoms. The summed E-state index contributed by atoms with van der Waals surface area (Å²) < 4.78 is 0. The second-order valence-corrected chi connectivity index (χ2v) is 9.57. The molecule has 0 saturated carbocycles. The van der Waals surface area contributed by atoms with Crippen molar-refractivity contribution >= 4 is 29.1 Å². The number of anilines is 1. The molecule has 0 bridgehead atoms. The van der Waals surface area contributed by atoms with Gasteiger partial charge in [-0.05, 0) is 61.3 Å². The molecule has 2 aromatic carbocycles. The standard InChI is InChI=1S/C27H33ClN4O2/c1-3-4-5-23(30-26(33)25-12-10-21-18-22(28)11-13-24(21)29-25)19-6-8-20(9-7-19)27(34)32-16-14-31(2)15-17-32/h6-9,11-13,18,23,29H,3-5,10,14-17H2,1-2H3,(H,30,33). The van der Waals surface area contributed by atoms with Crippen LogP contribution in [0.25, 0.3) is 0 Å². The van der Waals surface area contributed by atoms with Crippen molar-refractivity contribution < 1.29 is 9.59 Å². The van der Waals surface area contributed by atoms with Gasteiger partial charge in [0.1, 0.15) is 5.70 Å². The fourth-order valence-corrected chi connectivity index (χ4v) is 4.62. The number of amides is 2. The summed E-state index contributed by atoms with van der Waals surface area (Å²) in [6.45, 7) is 5.45. The minimum atomic E-state index is -0.126. The van der Waals surface area contributed by atoms with E-state index in [1.54, 1.807) is 0 Å². The third kappa shape index (κ3) is 5.80. The fraction of sp³-hybridized carbons (Fsp3) is 0.407. The Balaban J connectivity index is 1.43. The topological polar surface area (TPSA) is 64.7 Å². The summed E-state index contributed by atoms with van der Waals surface area (Å²) >= 11 is 6.09. The van der Waals surface area contributed by atoms with E-state index >= 15 is 0 Å². The minimum absolute atomic E-state index is 0.0733. The summed E-state index contributed by atoms with van der Waals surface area (Å²) in [5.41, 5.74) is 4.25. The Morgan fingerprint density at radius 1 is 1.09 bits per heavy atom. The molecule has 0 aliphatic carbocycles. The van der Waals surface area contributed by atoms with Gasteiger partial charge < -0.3 is 20.4 Å². The van der Waals surface area contributed by atoms with Crippen LogP contribution in [0.2, 0.25) is 5.02 Å². The maximum Gasteiger partial charge on any atom is 0.267 e. The van der Waals surface area contributed by atoms with Gasteiger partial charge in [-0.15, -0.1) is 0 Å². The molecule has 0 aromatic heterocycles. The van der Waals surface area contributed by atoms with E-state index in [9.17, 15) is 9.59 Å². The smallest absolute Gasteiger partial charge is 0.267 e. The number of hydrogen-bond acceptors (Lipinski definition) is 4. The third-order valence-electron chi connectivity index (χ3n) is 6.61. The Labute approximate surface area is 207 Å². The number of allylic oxidation sites excluding steroid dienone is 1. The van der Waals surface area contributed by atoms with Crippen LogP contribution in [-0.4, -0.2) is 54.8 Å². The molecule has 180 valence electrons. The molecule has 1 atom stereocenters. The molecule has 2 amide bonds. The molecule has 2 N–H and O–H groups in total. The first-order valence-corrected chi connectivity index (χ1v) is 12.5. The first-order chi connectivity index (χ1) is 16.4. The molecule has 2 aromatic rings. The lowest BCUT2D eigenvalue weighted by Crippen LogP contribution is -2.47. The quantitative estimate of drug-likeness (QED) is 0.606. The molecule has 2 aliphatic rings. The number of hydrogen-bond donors (Lipinski definition) is 2. The van der Waals surface area contributed by atoms with Gasteiger partial charge in [0.05, 0.1) is 6.04 Å². The van der Waals surface area contributed by atoms with E-state index in [1.165, 1.54) is 0 Å². The Morgan fingerprint density at radius 3 is 2.53 bits per heavy atom. The molecule has 1 unspecified atom stereocenters. The lowest BCUT2D eigenvalue weighted by molar-refractivity contribution is -0.118. The predicted molar refractivity (Wildman–Crippen MR) is 137 cm³/mol. The van der Waals surface area contributed by atoms with E-state index in [-0.39, 0.29) is 17.9 Å². The van der Waals surface area contributed by atoms with Crippen LogP contribution in [0.5, 0.6) is 0 Å². The molecular formula is C27H33ClN4O2. The van der Waals surface area contributed by atoms with Gasteiger partial charge in [-0.3, -0.25) is 9.59 Å². The van der Waals surface area contributed by atoms with E-state index in [0.29, 0.717) is 22.7 Å². The number of carbonyl (C=O) groups excluding carboxylic acids is 2. The van der Waals surface area contributed by atoms with Crippen molar-refractivity contribution in [2.45, 2.75) is 38.6 Å². The zero-order valence-electron chi connectivity index (χ0n) is 19.9. The van der Waals surface area contributed by atoms with Crippen LogP contribution in [0.15, 0.2) is 54.2 Å². The van der Waals surface area contributed by atoms with Crippen molar-refractivity contribution in [3.05, 3.63) is 76.0 Å². The second kappa shape index (κ2) is 11.1. The van der Waals surface area contributed by atoms with Gasteiger partial charge in [0.15, 0.2) is 0 Å². The Hall–Kier alpha value is -2.83. The normalized spacial score (nSPS) is 16.8. The van der Waals surface area contributed by atoms with Gasteiger partial charge >= 0.3 is 0 Å². The largest absolute Gasteiger partial charge is 0.351 e. The highest BCUT2D eigenvalue weighted by molar-refractivity contribution is 6.30. The van der Waals surface area contributed by atoms with Gasteiger partial charge in [0.2, 0.25) is 0 Å². The monoisotopic (exact) mass is 480 g/mol. The van der Waals surface area contributed by atoms with E-state index in [1.807, 2.05) is 53.4 Å². The van der Waals surface area contributed by atoms with Crippen LogP contribution in [0.1, 0.15) is 53.7 Å². The summed E-state index contributed by atoms with van der Waals surface area (Å²) in [4.78, 5) is 30.1. The van der Waals surface area contributed by atoms with Crippen molar-refractivity contribution in [3.63, 3.8) is 0 Å². The summed E-state index contributed by atoms with van der Waals surface area (Å²) in [5.74, 6) is -0.0524. The SMILES string of the molecule is CCCCC(NC(=O)C1=CCc2cc(Cl)ccc2N1)c1ccc(C(=O)N2CCN(C)CC2)cc1. The van der Waals surface area contributed by atoms with Crippen molar-refractivity contribution in [1.82, 2.24) is 15.1 Å². The van der Waals surface area contributed by atoms with Crippen molar-refractivity contribution in [3.8, 4) is 0 Å². The summed E-state index contributed by atoms with van der Waals surface area (Å²) in [5, 5.41) is 7.13. The fourth-order valence-electron chi connectivity index (χ4n) is 4.43. The maximum atomic E-state index is 13.1. The summed E-state index contributed by atoms with van der Waals surface area (Å²) in [7, 11) is 2.08. The number of fused-ring (bicyclic) bond motifs is 1. The molecule has 1 fully saturated rings. The van der Waals surface area contributed by atoms with Crippen LogP contribution >= 0.6 is 11.6 Å². The van der Waals surface area contributed by atoms with Crippen LogP contribution in [-0.2, 0) is 11.2 Å². The van der Waals surface area contributed by atoms with Crippen LogP contribution in [0.3, 0.4) is 0 Å². The molecule has 0 radical (unpaired) electrons. The number of nitrogens with one attached hydrogen (secondary N) is 2. The number of carbonyl (C=O) groups is 2. The number of likely N-dealkylation sites (N-methyl/N-ethyl adjacent to an activating group) is 1. The first kappa shape index (κ1) is 24.3. The van der Waals surface area contributed by atoms with Gasteiger partial charge in [-0.1, -0.05) is 49.6 Å². The van der Waals surface area contributed by atoms with Gasteiger partial charge in [0, 0.05) is 42.5 Å². The molecule has 6 nitrogen and oxygen atoms in total. The minimum Gasteiger partial charge on any atom is -0.351 e. The summed E-state index contributed by atoms with van der Waals surface area (Å²) in [6, 6.07) is 13.3. The molecule has 7 heteroatoms. The van der Waals surface area contributed by atoms with Crippen LogP contribution < -0.4 is 10.6 Å². The van der Waals surface area contributed by atoms with Gasteiger partial charge in [-0.2, -0.15) is 0 Å². The number of unbranched alkanes of at least 4 members (excludes halogenated alkanes) is 1. The third-order valence-corrected chi connectivity index (χ3v) is 6.84. The summed E-state index contributed by atoms with van der Waals surface area (Å²) in [6.07, 6.45) is 5.45. The van der Waals surface area contributed by atoms with Gasteiger partial charge in [0.25, 0.3) is 11.8 Å². The lowest BCUT2D eigenvalue weighted by Gasteiger charge is -2.32. The number of nitrogens with zero attached hydrogens (tertiary/aromatic N) is 2. The van der Waals surface area contributed by atoms with E-state index in [2.05, 4.69) is 29.5 Å². The molecule has 2 aliphatic heterocycles. The van der Waals surface area contributed by atoms with Crippen molar-refractivity contribution in [2.24, 2.45) is 0 Å². The zero-order chi connectivity index (χ0) is 24.1. The Kier molecular flexibility index (Phi) is 7.91. The second-order valence-electron chi connectivity index (χ2n) is 9.13. The lowest BCUT2D eigenvalue weighted by atomic mass is 9.98. The molecule has 2 heterocycles. The van der Waals surface area contributed by atoms with E-state index in [4.69, 9.17) is 11.6 Å². The van der Waals surface area contributed by atoms with Crippen LogP contribution in [0, 0.1) is 0 Å². The highest BCUT2D eigenvalue weighted by Crippen LogP contribution is 2.27. The van der Waals surface area contributed by atoms with E-state index in [0.717, 1.165) is 62.3 Å². The Bertz CT molecular complexity index is 1060. The van der Waals surface area contributed by atoms with Gasteiger partial charge in [-0.25, -0.2) is 0 Å². The van der Waals surface area contributed by atoms with E-state index < -0.39 is 0 Å². The molecular weight excluding hydrogens is 448 g/mol. The maximum absolute atomic E-state index is 13.1. The highest BCUT2D eigenvalue weighted by atomic mass is 35.5. The number of rotatable bonds is 7. The number of halogens is 1. The first-order valence-electron chi connectivity index (χ1n) is 12.1. The average Bonchev–Trinajstić information content (AvgIpc) is 2.86. The Morgan fingerprint density at radius 2 is 1.82 bits per heavy atom. The molecule has 1 saturated heterocycles. The molecule has 4 rings (SSSR count). The molecule has 0 spiro atoms. The zero-order valence-corrected chi connectivity index (χ0v) is 20.7. The van der Waals surface area contributed by atoms with Crippen LogP contribution in [0.4, 0.5) is 5.69 Å². The van der Waals surface area contributed by atoms with Crippen molar-refractivity contribution in [1.29, 1.82) is 0 Å². The predicted octanol–water partition coefficient (Wildman–Crippen LogP) is 4.63.